The van der Waals surface area contributed by atoms with Gasteiger partial charge in [0.15, 0.2) is 5.79 Å². The summed E-state index contributed by atoms with van der Waals surface area (Å²) < 4.78 is 0. The van der Waals surface area contributed by atoms with E-state index in [1.165, 1.54) is 0 Å². The number of aliphatic hydroxyl groups excluding tert-OH is 1. The molecule has 0 bridgehead atoms. The van der Waals surface area contributed by atoms with Crippen LogP contribution in [-0.2, 0) is 0 Å². The average Bonchev–Trinajstić information content (AvgIpc) is 1.31. The Labute approximate surface area is 41.3 Å². The van der Waals surface area contributed by atoms with E-state index in [0.29, 0.717) is 0 Å². The molecule has 0 aromatic carbocycles. The third-order valence-electron chi connectivity index (χ3n) is 0.512. The predicted octanol–water partition coefficient (Wildman–Crippen LogP) is -3.21. The van der Waals surface area contributed by atoms with Crippen LogP contribution in [0.5, 0.6) is 0 Å². The zero-order valence-corrected chi connectivity index (χ0v) is 3.83. The van der Waals surface area contributed by atoms with Crippen molar-refractivity contribution in [3.63, 3.8) is 0 Å². The lowest BCUT2D eigenvalue weighted by atomic mass is 10.4. The maximum absolute atomic E-state index is 8.29. The van der Waals surface area contributed by atoms with Crippen molar-refractivity contribution in [3.8, 4) is 0 Å². The molecule has 0 aromatic heterocycles. The molecule has 1 unspecified atom stereocenters. The summed E-state index contributed by atoms with van der Waals surface area (Å²) in [6.07, 6.45) is -1.37. The van der Waals surface area contributed by atoms with Crippen molar-refractivity contribution < 1.29 is 5.11 Å². The van der Waals surface area contributed by atoms with Gasteiger partial charge in [0, 0.05) is 0 Å². The smallest absolute Gasteiger partial charge is 0.156 e. The fourth-order valence-corrected chi connectivity index (χ4v) is 0. The van der Waals surface area contributed by atoms with Crippen LogP contribution >= 0.6 is 0 Å². The van der Waals surface area contributed by atoms with Crippen LogP contribution < -0.4 is 22.9 Å². The highest BCUT2D eigenvalue weighted by atomic mass is 16.3. The Morgan fingerprint density at radius 2 is 1.43 bits per heavy atom. The van der Waals surface area contributed by atoms with Crippen molar-refractivity contribution >= 4 is 0 Å². The largest absolute Gasteiger partial charge is 0.374 e. The van der Waals surface area contributed by atoms with Gasteiger partial charge in [-0.3, -0.25) is 17.2 Å². The standard InChI is InChI=1S/C2H10N4O/c3-1(7)2(4,5)6/h1,7H,3-6H2. The molecule has 0 aliphatic rings. The summed E-state index contributed by atoms with van der Waals surface area (Å²) in [4.78, 5) is 0. The van der Waals surface area contributed by atoms with Gasteiger partial charge in [-0.05, 0) is 0 Å². The predicted molar refractivity (Wildman–Crippen MR) is 25.5 cm³/mol. The Balaban J connectivity index is 3.54. The van der Waals surface area contributed by atoms with E-state index in [-0.39, 0.29) is 0 Å². The number of aliphatic hydroxyl groups is 1. The monoisotopic (exact) mass is 106 g/mol. The molecule has 5 nitrogen and oxygen atoms in total. The Bertz CT molecular complexity index is 55.2. The van der Waals surface area contributed by atoms with Crippen LogP contribution in [0.4, 0.5) is 0 Å². The molecule has 0 saturated heterocycles. The molecule has 0 fully saturated rings. The van der Waals surface area contributed by atoms with Gasteiger partial charge in [-0.25, -0.2) is 0 Å². The highest BCUT2D eigenvalue weighted by molar-refractivity contribution is 4.72. The average molecular weight is 106 g/mol. The highest BCUT2D eigenvalue weighted by Crippen LogP contribution is 1.77. The number of nitrogens with two attached hydrogens (primary N) is 4. The maximum atomic E-state index is 8.29. The molecule has 0 amide bonds. The van der Waals surface area contributed by atoms with E-state index in [2.05, 4.69) is 0 Å². The first kappa shape index (κ1) is 6.80. The Morgan fingerprint density at radius 3 is 1.43 bits per heavy atom. The molecule has 0 heterocycles. The molecule has 5 heteroatoms. The lowest BCUT2D eigenvalue weighted by Crippen LogP contribution is -2.69. The van der Waals surface area contributed by atoms with E-state index in [9.17, 15) is 0 Å². The van der Waals surface area contributed by atoms with E-state index >= 15 is 0 Å². The Morgan fingerprint density at radius 1 is 1.29 bits per heavy atom. The lowest BCUT2D eigenvalue weighted by molar-refractivity contribution is 0.0966. The van der Waals surface area contributed by atoms with Crippen LogP contribution in [0, 0.1) is 0 Å². The molecule has 0 spiro atoms. The number of hydrogen-bond donors (Lipinski definition) is 5. The summed E-state index contributed by atoms with van der Waals surface area (Å²) in [5.41, 5.74) is 19.3. The minimum Gasteiger partial charge on any atom is -0.374 e. The van der Waals surface area contributed by atoms with Gasteiger partial charge in [0.25, 0.3) is 0 Å². The summed E-state index contributed by atoms with van der Waals surface area (Å²) in [6.45, 7) is 0. The topological polar surface area (TPSA) is 124 Å². The van der Waals surface area contributed by atoms with Crippen LogP contribution in [0.25, 0.3) is 0 Å². The zero-order valence-electron chi connectivity index (χ0n) is 3.83. The van der Waals surface area contributed by atoms with Gasteiger partial charge in [0.05, 0.1) is 0 Å². The molecular weight excluding hydrogens is 96.0 g/mol. The van der Waals surface area contributed by atoms with Crippen LogP contribution in [0.3, 0.4) is 0 Å². The fraction of sp³-hybridized carbons (Fsp3) is 1.00. The van der Waals surface area contributed by atoms with Crippen molar-refractivity contribution in [3.05, 3.63) is 0 Å². The second-order valence-electron chi connectivity index (χ2n) is 1.44. The first-order chi connectivity index (χ1) is 2.94. The van der Waals surface area contributed by atoms with Gasteiger partial charge >= 0.3 is 0 Å². The molecule has 9 N–H and O–H groups in total. The first-order valence-electron chi connectivity index (χ1n) is 1.75. The van der Waals surface area contributed by atoms with Crippen LogP contribution in [-0.4, -0.2) is 17.1 Å². The Kier molecular flexibility index (Phi) is 1.68. The third kappa shape index (κ3) is 2.49. The molecule has 0 aliphatic carbocycles. The van der Waals surface area contributed by atoms with Crippen molar-refractivity contribution in [1.82, 2.24) is 0 Å². The molecule has 0 radical (unpaired) electrons. The van der Waals surface area contributed by atoms with Crippen molar-refractivity contribution in [2.24, 2.45) is 22.9 Å². The van der Waals surface area contributed by atoms with Gasteiger partial charge in [-0.15, -0.1) is 0 Å². The van der Waals surface area contributed by atoms with Crippen molar-refractivity contribution in [2.45, 2.75) is 12.0 Å². The van der Waals surface area contributed by atoms with Gasteiger partial charge in [0.1, 0.15) is 6.23 Å². The molecule has 1 atom stereocenters. The molecule has 0 aromatic rings. The van der Waals surface area contributed by atoms with E-state index < -0.39 is 12.0 Å². The fourth-order valence-electron chi connectivity index (χ4n) is 0. The first-order valence-corrected chi connectivity index (χ1v) is 1.75. The molecule has 44 valence electrons. The Hall–Kier alpha value is -0.200. The minimum atomic E-state index is -1.67. The van der Waals surface area contributed by atoms with E-state index in [0.717, 1.165) is 0 Å². The highest BCUT2D eigenvalue weighted by Gasteiger charge is 2.18. The van der Waals surface area contributed by atoms with Crippen LogP contribution in [0.1, 0.15) is 0 Å². The SMILES string of the molecule is NC(O)C(N)(N)N. The number of hydrogen-bond acceptors (Lipinski definition) is 5. The summed E-state index contributed by atoms with van der Waals surface area (Å²) in [5, 5.41) is 8.29. The van der Waals surface area contributed by atoms with Crippen LogP contribution in [0.15, 0.2) is 0 Å². The third-order valence-corrected chi connectivity index (χ3v) is 0.512. The van der Waals surface area contributed by atoms with Gasteiger partial charge < -0.3 is 10.8 Å². The normalized spacial score (nSPS) is 16.7. The van der Waals surface area contributed by atoms with Gasteiger partial charge in [-0.2, -0.15) is 0 Å². The quantitative estimate of drug-likeness (QED) is 0.225. The summed E-state index contributed by atoms with van der Waals surface area (Å²) in [6, 6.07) is 0. The van der Waals surface area contributed by atoms with E-state index in [4.69, 9.17) is 28.0 Å². The lowest BCUT2D eigenvalue weighted by Gasteiger charge is -2.20. The van der Waals surface area contributed by atoms with Crippen molar-refractivity contribution in [2.75, 3.05) is 0 Å². The number of rotatable bonds is 1. The maximum Gasteiger partial charge on any atom is 0.156 e. The molecule has 0 saturated carbocycles. The minimum absolute atomic E-state index is 1.37. The summed E-state index contributed by atoms with van der Waals surface area (Å²) in [5.74, 6) is -1.67. The molecular formula is C2H10N4O. The van der Waals surface area contributed by atoms with Crippen molar-refractivity contribution in [1.29, 1.82) is 0 Å². The molecule has 0 rings (SSSR count). The molecule has 0 aliphatic heterocycles. The summed E-state index contributed by atoms with van der Waals surface area (Å²) in [7, 11) is 0. The molecule has 7 heavy (non-hydrogen) atoms. The van der Waals surface area contributed by atoms with Crippen LogP contribution in [0.2, 0.25) is 0 Å². The van der Waals surface area contributed by atoms with Gasteiger partial charge in [-0.1, -0.05) is 0 Å². The zero-order chi connectivity index (χ0) is 6.08. The second-order valence-corrected chi connectivity index (χ2v) is 1.44. The van der Waals surface area contributed by atoms with Gasteiger partial charge in [0.2, 0.25) is 0 Å². The second kappa shape index (κ2) is 1.73. The van der Waals surface area contributed by atoms with E-state index in [1.807, 2.05) is 0 Å². The van der Waals surface area contributed by atoms with E-state index in [1.54, 1.807) is 0 Å². The summed E-state index contributed by atoms with van der Waals surface area (Å²) >= 11 is 0.